The van der Waals surface area contributed by atoms with Gasteiger partial charge in [-0.2, -0.15) is 0 Å². The lowest BCUT2D eigenvalue weighted by atomic mass is 9.97. The highest BCUT2D eigenvalue weighted by Crippen LogP contribution is 2.34. The van der Waals surface area contributed by atoms with Crippen molar-refractivity contribution in [3.05, 3.63) is 20.8 Å². The Morgan fingerprint density at radius 1 is 1.21 bits per heavy atom. The van der Waals surface area contributed by atoms with Crippen molar-refractivity contribution in [3.8, 4) is 0 Å². The van der Waals surface area contributed by atoms with Gasteiger partial charge in [-0.15, -0.1) is 11.3 Å². The molecule has 0 atom stereocenters. The highest BCUT2D eigenvalue weighted by atomic mass is 32.2. The van der Waals surface area contributed by atoms with Crippen LogP contribution in [0.5, 0.6) is 0 Å². The van der Waals surface area contributed by atoms with E-state index in [1.165, 1.54) is 21.2 Å². The van der Waals surface area contributed by atoms with Crippen LogP contribution in [0.25, 0.3) is 10.2 Å². The molecule has 0 aromatic carbocycles. The molecule has 2 aromatic rings. The van der Waals surface area contributed by atoms with Crippen LogP contribution < -0.4 is 16.2 Å². The summed E-state index contributed by atoms with van der Waals surface area (Å²) in [5.41, 5.74) is 1.11. The number of amides is 3. The number of aromatic nitrogens is 2. The van der Waals surface area contributed by atoms with Crippen molar-refractivity contribution in [2.75, 3.05) is 5.75 Å². The molecule has 150 valence electrons. The number of urea groups is 1. The van der Waals surface area contributed by atoms with Gasteiger partial charge in [0, 0.05) is 18.0 Å². The summed E-state index contributed by atoms with van der Waals surface area (Å²) in [6.07, 6.45) is 8.39. The van der Waals surface area contributed by atoms with Gasteiger partial charge in [0.2, 0.25) is 5.91 Å². The van der Waals surface area contributed by atoms with Gasteiger partial charge in [-0.05, 0) is 44.1 Å². The predicted molar refractivity (Wildman–Crippen MR) is 111 cm³/mol. The fourth-order valence-corrected chi connectivity index (χ4v) is 6.06. The van der Waals surface area contributed by atoms with E-state index in [0.717, 1.165) is 67.1 Å². The molecule has 4 rings (SSSR count). The molecule has 2 heterocycles. The molecule has 0 radical (unpaired) electrons. The van der Waals surface area contributed by atoms with E-state index in [9.17, 15) is 14.4 Å². The second-order valence-corrected chi connectivity index (χ2v) is 9.47. The summed E-state index contributed by atoms with van der Waals surface area (Å²) in [4.78, 5) is 43.5. The maximum Gasteiger partial charge on any atom is 0.321 e. The van der Waals surface area contributed by atoms with Gasteiger partial charge in [0.1, 0.15) is 4.83 Å². The number of thiophene rings is 1. The number of hydrogen-bond donors (Lipinski definition) is 2. The predicted octanol–water partition coefficient (Wildman–Crippen LogP) is 2.73. The Bertz CT molecular complexity index is 976. The second kappa shape index (κ2) is 8.24. The average molecular weight is 421 g/mol. The largest absolute Gasteiger partial charge is 0.335 e. The van der Waals surface area contributed by atoms with E-state index in [1.54, 1.807) is 18.4 Å². The number of carbonyl (C=O) groups excluding carboxylic acids is 2. The van der Waals surface area contributed by atoms with Crippen molar-refractivity contribution in [2.24, 2.45) is 7.05 Å². The smallest absolute Gasteiger partial charge is 0.321 e. The van der Waals surface area contributed by atoms with Crippen molar-refractivity contribution >= 4 is 45.3 Å². The van der Waals surface area contributed by atoms with Crippen molar-refractivity contribution in [3.63, 3.8) is 0 Å². The van der Waals surface area contributed by atoms with Crippen LogP contribution >= 0.6 is 23.1 Å². The van der Waals surface area contributed by atoms with Gasteiger partial charge >= 0.3 is 6.03 Å². The van der Waals surface area contributed by atoms with Crippen LogP contribution in [0.15, 0.2) is 9.95 Å². The minimum atomic E-state index is -0.444. The highest BCUT2D eigenvalue weighted by Gasteiger charge is 2.22. The van der Waals surface area contributed by atoms with Crippen molar-refractivity contribution < 1.29 is 9.59 Å². The third-order valence-electron chi connectivity index (χ3n) is 5.43. The fraction of sp³-hybridized carbons (Fsp3) is 0.579. The molecule has 9 heteroatoms. The molecule has 2 N–H and O–H groups in total. The van der Waals surface area contributed by atoms with Crippen LogP contribution in [-0.2, 0) is 24.7 Å². The Morgan fingerprint density at radius 3 is 2.75 bits per heavy atom. The van der Waals surface area contributed by atoms with Gasteiger partial charge in [0.05, 0.1) is 11.1 Å². The number of carbonyl (C=O) groups is 2. The molecule has 28 heavy (non-hydrogen) atoms. The summed E-state index contributed by atoms with van der Waals surface area (Å²) in [7, 11) is 1.69. The average Bonchev–Trinajstić information content (AvgIpc) is 3.30. The minimum absolute atomic E-state index is 0.0367. The summed E-state index contributed by atoms with van der Waals surface area (Å²) in [6, 6.07) is -0.282. The topological polar surface area (TPSA) is 93.1 Å². The molecule has 0 unspecified atom stereocenters. The van der Waals surface area contributed by atoms with E-state index >= 15 is 0 Å². The van der Waals surface area contributed by atoms with Gasteiger partial charge in [-0.1, -0.05) is 24.6 Å². The third-order valence-corrected chi connectivity index (χ3v) is 7.65. The van der Waals surface area contributed by atoms with Crippen molar-refractivity contribution in [2.45, 2.75) is 62.6 Å². The summed E-state index contributed by atoms with van der Waals surface area (Å²) < 4.78 is 1.51. The zero-order valence-electron chi connectivity index (χ0n) is 15.9. The third kappa shape index (κ3) is 3.96. The Morgan fingerprint density at radius 2 is 1.96 bits per heavy atom. The van der Waals surface area contributed by atoms with Crippen LogP contribution in [0, 0.1) is 0 Å². The van der Waals surface area contributed by atoms with Gasteiger partial charge in [-0.25, -0.2) is 9.78 Å². The first-order chi connectivity index (χ1) is 13.5. The maximum atomic E-state index is 12.8. The van der Waals surface area contributed by atoms with E-state index in [2.05, 4.69) is 15.6 Å². The fourth-order valence-electron chi connectivity index (χ4n) is 3.98. The van der Waals surface area contributed by atoms with E-state index in [-0.39, 0.29) is 23.3 Å². The zero-order valence-corrected chi connectivity index (χ0v) is 17.5. The molecule has 0 aliphatic heterocycles. The molecule has 1 fully saturated rings. The van der Waals surface area contributed by atoms with Crippen molar-refractivity contribution in [1.82, 2.24) is 20.2 Å². The van der Waals surface area contributed by atoms with E-state index in [4.69, 9.17) is 0 Å². The minimum Gasteiger partial charge on any atom is -0.335 e. The van der Waals surface area contributed by atoms with Crippen LogP contribution in [-0.4, -0.2) is 33.3 Å². The monoisotopic (exact) mass is 420 g/mol. The summed E-state index contributed by atoms with van der Waals surface area (Å²) in [6.45, 7) is 0. The van der Waals surface area contributed by atoms with E-state index in [0.29, 0.717) is 5.16 Å². The maximum absolute atomic E-state index is 12.8. The molecule has 0 spiro atoms. The molecule has 3 amide bonds. The summed E-state index contributed by atoms with van der Waals surface area (Å²) in [5, 5.41) is 6.44. The molecule has 2 aromatic heterocycles. The zero-order chi connectivity index (χ0) is 19.7. The standard InChI is InChI=1S/C19H24N4O3S2/c1-23-17(25)15-12-8-4-5-9-13(12)28-16(15)22-19(23)27-10-14(24)21-18(26)20-11-6-2-3-7-11/h11H,2-10H2,1H3,(H2,20,21,24,26). The second-order valence-electron chi connectivity index (χ2n) is 7.44. The molecule has 2 aliphatic rings. The number of rotatable bonds is 4. The van der Waals surface area contributed by atoms with Crippen LogP contribution in [0.3, 0.4) is 0 Å². The van der Waals surface area contributed by atoms with Crippen LogP contribution in [0.4, 0.5) is 4.79 Å². The Labute approximate surface area is 171 Å². The number of imide groups is 1. The summed E-state index contributed by atoms with van der Waals surface area (Å²) >= 11 is 2.78. The number of fused-ring (bicyclic) bond motifs is 3. The SMILES string of the molecule is Cn1c(SCC(=O)NC(=O)NC2CCCC2)nc2sc3c(c2c1=O)CCCC3. The van der Waals surface area contributed by atoms with Gasteiger partial charge in [0.25, 0.3) is 5.56 Å². The first-order valence-corrected chi connectivity index (χ1v) is 11.6. The van der Waals surface area contributed by atoms with Crippen molar-refractivity contribution in [1.29, 1.82) is 0 Å². The van der Waals surface area contributed by atoms with Gasteiger partial charge < -0.3 is 5.32 Å². The normalized spacial score (nSPS) is 16.9. The molecule has 1 saturated carbocycles. The number of hydrogen-bond acceptors (Lipinski definition) is 6. The van der Waals surface area contributed by atoms with E-state index in [1.807, 2.05) is 0 Å². The molecular weight excluding hydrogens is 396 g/mol. The van der Waals surface area contributed by atoms with Crippen LogP contribution in [0.1, 0.15) is 49.0 Å². The molecule has 2 aliphatic carbocycles. The summed E-state index contributed by atoms with van der Waals surface area (Å²) in [5.74, 6) is -0.352. The number of aryl methyl sites for hydroxylation is 2. The lowest BCUT2D eigenvalue weighted by molar-refractivity contribution is -0.117. The van der Waals surface area contributed by atoms with Gasteiger partial charge in [0.15, 0.2) is 5.16 Å². The Hall–Kier alpha value is -1.87. The first kappa shape index (κ1) is 19.4. The lowest BCUT2D eigenvalue weighted by Crippen LogP contribution is -2.44. The number of nitrogens with one attached hydrogen (secondary N) is 2. The lowest BCUT2D eigenvalue weighted by Gasteiger charge is -2.12. The van der Waals surface area contributed by atoms with Gasteiger partial charge in [-0.3, -0.25) is 19.5 Å². The number of nitrogens with zero attached hydrogens (tertiary/aromatic N) is 2. The first-order valence-electron chi connectivity index (χ1n) is 9.77. The molecule has 0 saturated heterocycles. The number of thioether (sulfide) groups is 1. The van der Waals surface area contributed by atoms with Crippen LogP contribution in [0.2, 0.25) is 0 Å². The molecule has 0 bridgehead atoms. The highest BCUT2D eigenvalue weighted by molar-refractivity contribution is 7.99. The Kier molecular flexibility index (Phi) is 5.73. The quantitative estimate of drug-likeness (QED) is 0.586. The van der Waals surface area contributed by atoms with E-state index < -0.39 is 6.03 Å². The molecular formula is C19H24N4O3S2. The molecule has 7 nitrogen and oxygen atoms in total. The Balaban J connectivity index is 1.43.